The van der Waals surface area contributed by atoms with Gasteiger partial charge in [0.25, 0.3) is 0 Å². The van der Waals surface area contributed by atoms with E-state index < -0.39 is 0 Å². The number of halogens is 1. The molecule has 1 aliphatic rings. The van der Waals surface area contributed by atoms with Gasteiger partial charge in [-0.25, -0.2) is 0 Å². The summed E-state index contributed by atoms with van der Waals surface area (Å²) in [5.41, 5.74) is 0.514. The first-order valence-electron chi connectivity index (χ1n) is 7.32. The molecule has 1 rings (SSSR count). The molecule has 0 aromatic carbocycles. The highest BCUT2D eigenvalue weighted by molar-refractivity contribution is 6.18. The Morgan fingerprint density at radius 1 is 1.06 bits per heavy atom. The van der Waals surface area contributed by atoms with Gasteiger partial charge in [0, 0.05) is 5.88 Å². The zero-order chi connectivity index (χ0) is 11.9. The van der Waals surface area contributed by atoms with E-state index >= 15 is 0 Å². The van der Waals surface area contributed by atoms with Gasteiger partial charge in [-0.3, -0.25) is 0 Å². The molecule has 0 heterocycles. The van der Waals surface area contributed by atoms with Gasteiger partial charge in [-0.05, 0) is 43.4 Å². The van der Waals surface area contributed by atoms with Crippen LogP contribution in [0.4, 0.5) is 0 Å². The SMILES string of the molecule is CCCCC1CCC(CCl)(CCCC)CC1. The molecule has 0 aliphatic heterocycles. The first-order chi connectivity index (χ1) is 7.76. The topological polar surface area (TPSA) is 0 Å². The van der Waals surface area contributed by atoms with Crippen molar-refractivity contribution in [2.45, 2.75) is 78.1 Å². The zero-order valence-corrected chi connectivity index (χ0v) is 12.0. The summed E-state index contributed by atoms with van der Waals surface area (Å²) < 4.78 is 0. The molecule has 0 bridgehead atoms. The van der Waals surface area contributed by atoms with Gasteiger partial charge in [0.1, 0.15) is 0 Å². The molecule has 0 radical (unpaired) electrons. The molecule has 0 saturated heterocycles. The van der Waals surface area contributed by atoms with Crippen molar-refractivity contribution in [1.29, 1.82) is 0 Å². The third-order valence-corrected chi connectivity index (χ3v) is 5.04. The number of rotatable bonds is 7. The van der Waals surface area contributed by atoms with E-state index in [0.29, 0.717) is 5.41 Å². The van der Waals surface area contributed by atoms with Crippen molar-refractivity contribution in [1.82, 2.24) is 0 Å². The normalized spacial score (nSPS) is 30.6. The number of alkyl halides is 1. The third kappa shape index (κ3) is 4.28. The van der Waals surface area contributed by atoms with Crippen molar-refractivity contribution in [3.05, 3.63) is 0 Å². The minimum absolute atomic E-state index is 0.514. The molecule has 0 amide bonds. The second-order valence-corrected chi connectivity index (χ2v) is 6.09. The third-order valence-electron chi connectivity index (χ3n) is 4.48. The molecule has 16 heavy (non-hydrogen) atoms. The van der Waals surface area contributed by atoms with E-state index in [1.54, 1.807) is 0 Å². The molecule has 0 aromatic heterocycles. The van der Waals surface area contributed by atoms with Gasteiger partial charge < -0.3 is 0 Å². The summed E-state index contributed by atoms with van der Waals surface area (Å²) >= 11 is 6.22. The van der Waals surface area contributed by atoms with Gasteiger partial charge in [-0.2, -0.15) is 0 Å². The van der Waals surface area contributed by atoms with E-state index in [1.807, 2.05) is 0 Å². The largest absolute Gasteiger partial charge is 0.126 e. The fraction of sp³-hybridized carbons (Fsp3) is 1.00. The number of hydrogen-bond donors (Lipinski definition) is 0. The molecule has 0 spiro atoms. The van der Waals surface area contributed by atoms with E-state index in [9.17, 15) is 0 Å². The summed E-state index contributed by atoms with van der Waals surface area (Å²) in [5, 5.41) is 0. The molecule has 1 aliphatic carbocycles. The minimum atomic E-state index is 0.514. The van der Waals surface area contributed by atoms with Crippen LogP contribution >= 0.6 is 11.6 Å². The summed E-state index contributed by atoms with van der Waals surface area (Å²) in [6.45, 7) is 4.59. The Labute approximate surface area is 107 Å². The van der Waals surface area contributed by atoms with E-state index in [1.165, 1.54) is 64.2 Å². The van der Waals surface area contributed by atoms with Gasteiger partial charge >= 0.3 is 0 Å². The smallest absolute Gasteiger partial charge is 0.0280 e. The Balaban J connectivity index is 2.31. The van der Waals surface area contributed by atoms with Crippen LogP contribution in [0.25, 0.3) is 0 Å². The van der Waals surface area contributed by atoms with Crippen molar-refractivity contribution in [2.75, 3.05) is 5.88 Å². The van der Waals surface area contributed by atoms with Crippen LogP contribution in [-0.2, 0) is 0 Å². The standard InChI is InChI=1S/C15H29Cl/c1-3-5-7-14-8-11-15(13-16,12-9-14)10-6-4-2/h14H,3-13H2,1-2H3. The van der Waals surface area contributed by atoms with E-state index in [-0.39, 0.29) is 0 Å². The van der Waals surface area contributed by atoms with Crippen LogP contribution in [0.3, 0.4) is 0 Å². The van der Waals surface area contributed by atoms with Crippen molar-refractivity contribution >= 4 is 11.6 Å². The molecule has 0 N–H and O–H groups in total. The fourth-order valence-corrected chi connectivity index (χ4v) is 3.47. The predicted molar refractivity (Wildman–Crippen MR) is 74.2 cm³/mol. The number of hydrogen-bond acceptors (Lipinski definition) is 0. The molecule has 0 aromatic rings. The van der Waals surface area contributed by atoms with Gasteiger partial charge in [-0.15, -0.1) is 11.6 Å². The maximum atomic E-state index is 6.22. The average Bonchev–Trinajstić information content (AvgIpc) is 2.35. The second kappa shape index (κ2) is 7.58. The van der Waals surface area contributed by atoms with Crippen LogP contribution in [0.1, 0.15) is 78.1 Å². The van der Waals surface area contributed by atoms with E-state index in [4.69, 9.17) is 11.6 Å². The van der Waals surface area contributed by atoms with Crippen LogP contribution < -0.4 is 0 Å². The summed E-state index contributed by atoms with van der Waals surface area (Å²) in [4.78, 5) is 0. The van der Waals surface area contributed by atoms with E-state index in [2.05, 4.69) is 13.8 Å². The first-order valence-corrected chi connectivity index (χ1v) is 7.85. The molecule has 1 saturated carbocycles. The minimum Gasteiger partial charge on any atom is -0.126 e. The molecular weight excluding hydrogens is 216 g/mol. The van der Waals surface area contributed by atoms with Gasteiger partial charge in [0.15, 0.2) is 0 Å². The Kier molecular flexibility index (Phi) is 6.80. The molecule has 96 valence electrons. The van der Waals surface area contributed by atoms with Gasteiger partial charge in [0.2, 0.25) is 0 Å². The zero-order valence-electron chi connectivity index (χ0n) is 11.2. The monoisotopic (exact) mass is 244 g/mol. The molecule has 1 fully saturated rings. The van der Waals surface area contributed by atoms with Crippen molar-refractivity contribution in [3.63, 3.8) is 0 Å². The van der Waals surface area contributed by atoms with Crippen molar-refractivity contribution in [2.24, 2.45) is 11.3 Å². The quantitative estimate of drug-likeness (QED) is 0.498. The Bertz CT molecular complexity index is 168. The number of unbranched alkanes of at least 4 members (excludes halogenated alkanes) is 2. The van der Waals surface area contributed by atoms with Crippen molar-refractivity contribution < 1.29 is 0 Å². The lowest BCUT2D eigenvalue weighted by Crippen LogP contribution is -2.29. The summed E-state index contributed by atoms with van der Waals surface area (Å²) in [6.07, 6.45) is 14.0. The Morgan fingerprint density at radius 2 is 1.69 bits per heavy atom. The highest BCUT2D eigenvalue weighted by Crippen LogP contribution is 2.44. The van der Waals surface area contributed by atoms with Crippen LogP contribution in [0.15, 0.2) is 0 Å². The lowest BCUT2D eigenvalue weighted by atomic mass is 9.68. The highest BCUT2D eigenvalue weighted by Gasteiger charge is 2.33. The maximum absolute atomic E-state index is 6.22. The molecular formula is C15H29Cl. The van der Waals surface area contributed by atoms with E-state index in [0.717, 1.165) is 11.8 Å². The Morgan fingerprint density at radius 3 is 2.19 bits per heavy atom. The van der Waals surface area contributed by atoms with Crippen molar-refractivity contribution in [3.8, 4) is 0 Å². The van der Waals surface area contributed by atoms with Gasteiger partial charge in [0.05, 0.1) is 0 Å². The highest BCUT2D eigenvalue weighted by atomic mass is 35.5. The lowest BCUT2D eigenvalue weighted by Gasteiger charge is -2.39. The second-order valence-electron chi connectivity index (χ2n) is 5.82. The molecule has 0 atom stereocenters. The van der Waals surface area contributed by atoms with Crippen LogP contribution in [0.5, 0.6) is 0 Å². The van der Waals surface area contributed by atoms with Crippen LogP contribution in [-0.4, -0.2) is 5.88 Å². The fourth-order valence-electron chi connectivity index (χ4n) is 3.07. The van der Waals surface area contributed by atoms with Crippen LogP contribution in [0, 0.1) is 11.3 Å². The van der Waals surface area contributed by atoms with Gasteiger partial charge in [-0.1, -0.05) is 46.0 Å². The summed E-state index contributed by atoms with van der Waals surface area (Å²) in [5.74, 6) is 1.91. The Hall–Kier alpha value is 0.290. The van der Waals surface area contributed by atoms with Crippen LogP contribution in [0.2, 0.25) is 0 Å². The maximum Gasteiger partial charge on any atom is 0.0280 e. The summed E-state index contributed by atoms with van der Waals surface area (Å²) in [7, 11) is 0. The average molecular weight is 245 g/mol. The first kappa shape index (κ1) is 14.4. The lowest BCUT2D eigenvalue weighted by molar-refractivity contribution is 0.151. The molecule has 0 nitrogen and oxygen atoms in total. The molecule has 1 heteroatoms. The predicted octanol–water partition coefficient (Wildman–Crippen LogP) is 5.78. The summed E-state index contributed by atoms with van der Waals surface area (Å²) in [6, 6.07) is 0. The molecule has 0 unspecified atom stereocenters.